The molecule has 0 spiro atoms. The minimum Gasteiger partial charge on any atom is -0.378 e. The molecule has 1 saturated carbocycles. The van der Waals surface area contributed by atoms with E-state index in [1.54, 1.807) is 0 Å². The molecule has 1 aliphatic rings. The first kappa shape index (κ1) is 10.6. The number of unbranched alkanes of at least 4 members (excludes halogenated alkanes) is 1. The highest BCUT2D eigenvalue weighted by Gasteiger charge is 2.46. The SMILES string of the molecule is CCCCOC1CC(N)(c2ncon2)C1. The van der Waals surface area contributed by atoms with Gasteiger partial charge in [0.1, 0.15) is 0 Å². The molecule has 2 rings (SSSR count). The molecule has 0 aliphatic heterocycles. The van der Waals surface area contributed by atoms with Crippen LogP contribution in [0.4, 0.5) is 0 Å². The standard InChI is InChI=1S/C10H17N3O2/c1-2-3-4-14-8-5-10(11,6-8)9-12-7-15-13-9/h7-8H,2-6,11H2,1H3. The van der Waals surface area contributed by atoms with E-state index in [0.717, 1.165) is 32.3 Å². The molecule has 1 heterocycles. The Morgan fingerprint density at radius 3 is 3.07 bits per heavy atom. The molecule has 5 nitrogen and oxygen atoms in total. The van der Waals surface area contributed by atoms with E-state index in [-0.39, 0.29) is 6.10 Å². The smallest absolute Gasteiger partial charge is 0.213 e. The van der Waals surface area contributed by atoms with Crippen LogP contribution in [0.3, 0.4) is 0 Å². The number of nitrogens with zero attached hydrogens (tertiary/aromatic N) is 2. The van der Waals surface area contributed by atoms with Crippen LogP contribution in [0.15, 0.2) is 10.9 Å². The van der Waals surface area contributed by atoms with E-state index in [2.05, 4.69) is 21.6 Å². The maximum absolute atomic E-state index is 6.10. The molecular formula is C10H17N3O2. The molecule has 0 aromatic carbocycles. The first-order chi connectivity index (χ1) is 7.24. The van der Waals surface area contributed by atoms with Gasteiger partial charge in [-0.3, -0.25) is 0 Å². The Bertz CT molecular complexity index is 294. The zero-order chi connectivity index (χ0) is 10.7. The molecule has 15 heavy (non-hydrogen) atoms. The quantitative estimate of drug-likeness (QED) is 0.741. The van der Waals surface area contributed by atoms with Crippen LogP contribution in [0, 0.1) is 0 Å². The zero-order valence-corrected chi connectivity index (χ0v) is 8.98. The second kappa shape index (κ2) is 4.28. The summed E-state index contributed by atoms with van der Waals surface area (Å²) in [5, 5.41) is 3.77. The third-order valence-corrected chi connectivity index (χ3v) is 2.84. The first-order valence-corrected chi connectivity index (χ1v) is 5.42. The van der Waals surface area contributed by atoms with Gasteiger partial charge in [-0.15, -0.1) is 0 Å². The van der Waals surface area contributed by atoms with Crippen molar-refractivity contribution in [3.63, 3.8) is 0 Å². The number of rotatable bonds is 5. The van der Waals surface area contributed by atoms with Crippen LogP contribution in [0.2, 0.25) is 0 Å². The molecule has 0 atom stereocenters. The first-order valence-electron chi connectivity index (χ1n) is 5.42. The highest BCUT2D eigenvalue weighted by Crippen LogP contribution is 2.39. The van der Waals surface area contributed by atoms with E-state index in [4.69, 9.17) is 10.5 Å². The molecule has 1 aromatic heterocycles. The zero-order valence-electron chi connectivity index (χ0n) is 8.98. The Morgan fingerprint density at radius 2 is 2.47 bits per heavy atom. The summed E-state index contributed by atoms with van der Waals surface area (Å²) in [5.74, 6) is 0.595. The number of ether oxygens (including phenoxy) is 1. The molecule has 0 saturated heterocycles. The van der Waals surface area contributed by atoms with Gasteiger partial charge < -0.3 is 15.0 Å². The fraction of sp³-hybridized carbons (Fsp3) is 0.800. The van der Waals surface area contributed by atoms with Crippen molar-refractivity contribution in [3.8, 4) is 0 Å². The molecule has 1 aromatic rings. The summed E-state index contributed by atoms with van der Waals surface area (Å²) in [6, 6.07) is 0. The molecule has 5 heteroatoms. The summed E-state index contributed by atoms with van der Waals surface area (Å²) in [6.07, 6.45) is 5.42. The molecule has 0 radical (unpaired) electrons. The van der Waals surface area contributed by atoms with E-state index in [0.29, 0.717) is 5.82 Å². The lowest BCUT2D eigenvalue weighted by Gasteiger charge is -2.42. The van der Waals surface area contributed by atoms with E-state index in [1.807, 2.05) is 0 Å². The van der Waals surface area contributed by atoms with Gasteiger partial charge in [-0.05, 0) is 19.3 Å². The van der Waals surface area contributed by atoms with Crippen molar-refractivity contribution in [1.82, 2.24) is 10.1 Å². The average molecular weight is 211 g/mol. The van der Waals surface area contributed by atoms with Crippen LogP contribution < -0.4 is 5.73 Å². The maximum atomic E-state index is 6.10. The summed E-state index contributed by atoms with van der Waals surface area (Å²) < 4.78 is 10.3. The van der Waals surface area contributed by atoms with Gasteiger partial charge in [0.05, 0.1) is 11.6 Å². The summed E-state index contributed by atoms with van der Waals surface area (Å²) >= 11 is 0. The average Bonchev–Trinajstić information content (AvgIpc) is 2.68. The van der Waals surface area contributed by atoms with Crippen LogP contribution in [0.25, 0.3) is 0 Å². The van der Waals surface area contributed by atoms with Crippen LogP contribution in [-0.2, 0) is 10.3 Å². The molecular weight excluding hydrogens is 194 g/mol. The molecule has 0 bridgehead atoms. The van der Waals surface area contributed by atoms with Gasteiger partial charge in [-0.1, -0.05) is 18.5 Å². The second-order valence-corrected chi connectivity index (χ2v) is 4.17. The van der Waals surface area contributed by atoms with Crippen molar-refractivity contribution < 1.29 is 9.26 Å². The number of hydrogen-bond donors (Lipinski definition) is 1. The van der Waals surface area contributed by atoms with E-state index >= 15 is 0 Å². The third kappa shape index (κ3) is 2.18. The molecule has 0 unspecified atom stereocenters. The lowest BCUT2D eigenvalue weighted by molar-refractivity contribution is -0.0487. The van der Waals surface area contributed by atoms with Crippen LogP contribution in [0.5, 0.6) is 0 Å². The van der Waals surface area contributed by atoms with Gasteiger partial charge in [-0.25, -0.2) is 0 Å². The third-order valence-electron chi connectivity index (χ3n) is 2.84. The summed E-state index contributed by atoms with van der Waals surface area (Å²) in [4.78, 5) is 3.98. The largest absolute Gasteiger partial charge is 0.378 e. The van der Waals surface area contributed by atoms with Crippen LogP contribution in [0.1, 0.15) is 38.4 Å². The number of nitrogens with two attached hydrogens (primary N) is 1. The predicted molar refractivity (Wildman–Crippen MR) is 54.0 cm³/mol. The van der Waals surface area contributed by atoms with Gasteiger partial charge in [0.25, 0.3) is 0 Å². The Labute approximate surface area is 89.0 Å². The van der Waals surface area contributed by atoms with E-state index in [1.165, 1.54) is 6.39 Å². The van der Waals surface area contributed by atoms with Gasteiger partial charge in [-0.2, -0.15) is 4.98 Å². The van der Waals surface area contributed by atoms with Crippen molar-refractivity contribution in [2.75, 3.05) is 6.61 Å². The van der Waals surface area contributed by atoms with Crippen molar-refractivity contribution in [3.05, 3.63) is 12.2 Å². The van der Waals surface area contributed by atoms with Gasteiger partial charge in [0.15, 0.2) is 5.82 Å². The number of aromatic nitrogens is 2. The summed E-state index contributed by atoms with van der Waals surface area (Å²) in [7, 11) is 0. The fourth-order valence-electron chi connectivity index (χ4n) is 1.84. The maximum Gasteiger partial charge on any atom is 0.213 e. The molecule has 1 fully saturated rings. The van der Waals surface area contributed by atoms with Crippen LogP contribution in [-0.4, -0.2) is 22.9 Å². The monoisotopic (exact) mass is 211 g/mol. The van der Waals surface area contributed by atoms with Crippen molar-refractivity contribution in [2.24, 2.45) is 5.73 Å². The van der Waals surface area contributed by atoms with Gasteiger partial charge in [0, 0.05) is 6.61 Å². The van der Waals surface area contributed by atoms with Crippen molar-refractivity contribution in [2.45, 2.75) is 44.2 Å². The minimum atomic E-state index is -0.427. The Hall–Kier alpha value is -0.940. The molecule has 1 aliphatic carbocycles. The normalized spacial score (nSPS) is 30.1. The lowest BCUT2D eigenvalue weighted by atomic mass is 9.74. The Morgan fingerprint density at radius 1 is 1.67 bits per heavy atom. The van der Waals surface area contributed by atoms with E-state index in [9.17, 15) is 0 Å². The Kier molecular flexibility index (Phi) is 3.02. The Balaban J connectivity index is 1.77. The second-order valence-electron chi connectivity index (χ2n) is 4.17. The van der Waals surface area contributed by atoms with Gasteiger partial charge >= 0.3 is 0 Å². The molecule has 84 valence electrons. The highest BCUT2D eigenvalue weighted by atomic mass is 16.5. The molecule has 0 amide bonds. The number of hydrogen-bond acceptors (Lipinski definition) is 5. The fourth-order valence-corrected chi connectivity index (χ4v) is 1.84. The lowest BCUT2D eigenvalue weighted by Crippen LogP contribution is -2.53. The topological polar surface area (TPSA) is 74.2 Å². The highest BCUT2D eigenvalue weighted by molar-refractivity contribution is 5.10. The summed E-state index contributed by atoms with van der Waals surface area (Å²) in [6.45, 7) is 2.97. The van der Waals surface area contributed by atoms with Crippen LogP contribution >= 0.6 is 0 Å². The summed E-state index contributed by atoms with van der Waals surface area (Å²) in [5.41, 5.74) is 5.67. The van der Waals surface area contributed by atoms with Crippen molar-refractivity contribution in [1.29, 1.82) is 0 Å². The van der Waals surface area contributed by atoms with Gasteiger partial charge in [0.2, 0.25) is 6.39 Å². The van der Waals surface area contributed by atoms with E-state index < -0.39 is 5.54 Å². The minimum absolute atomic E-state index is 0.264. The predicted octanol–water partition coefficient (Wildman–Crippen LogP) is 1.20. The van der Waals surface area contributed by atoms with Crippen molar-refractivity contribution >= 4 is 0 Å². The molecule has 2 N–H and O–H groups in total.